The van der Waals surface area contributed by atoms with Crippen molar-refractivity contribution in [3.8, 4) is 0 Å². The van der Waals surface area contributed by atoms with Crippen molar-refractivity contribution in [2.45, 2.75) is 98.7 Å². The van der Waals surface area contributed by atoms with Gasteiger partial charge in [-0.25, -0.2) is 0 Å². The highest BCUT2D eigenvalue weighted by Gasteiger charge is 2.76. The second kappa shape index (κ2) is 10.1. The van der Waals surface area contributed by atoms with Crippen LogP contribution in [0, 0.1) is 17.8 Å². The number of esters is 1. The summed E-state index contributed by atoms with van der Waals surface area (Å²) in [6.45, 7) is 5.93. The molecule has 33 heavy (non-hydrogen) atoms. The van der Waals surface area contributed by atoms with Crippen LogP contribution in [0.3, 0.4) is 0 Å². The Balaban J connectivity index is 1.72. The van der Waals surface area contributed by atoms with E-state index in [1.165, 1.54) is 6.42 Å². The summed E-state index contributed by atoms with van der Waals surface area (Å²) in [6.07, 6.45) is 6.56. The molecular weight excluding hydrogens is 508 g/mol. The fraction of sp³-hybridized carbons (Fsp3) is 0.875. The third kappa shape index (κ3) is 4.35. The van der Waals surface area contributed by atoms with E-state index in [0.29, 0.717) is 12.8 Å². The van der Waals surface area contributed by atoms with Crippen LogP contribution in [0.4, 0.5) is 0 Å². The summed E-state index contributed by atoms with van der Waals surface area (Å²) in [4.78, 5) is 42.6. The van der Waals surface area contributed by atoms with Crippen molar-refractivity contribution < 1.29 is 24.2 Å². The molecule has 1 aliphatic carbocycles. The molecule has 2 bridgehead atoms. The number of hydrogen-bond donors (Lipinski definition) is 2. The number of halogens is 1. The van der Waals surface area contributed by atoms with Crippen molar-refractivity contribution in [1.29, 1.82) is 0 Å². The molecular formula is C24H37BrN2O5S. The highest BCUT2D eigenvalue weighted by atomic mass is 79.9. The first-order chi connectivity index (χ1) is 15.7. The van der Waals surface area contributed by atoms with Crippen LogP contribution in [0.2, 0.25) is 0 Å². The lowest BCUT2D eigenvalue weighted by Crippen LogP contribution is -2.58. The molecule has 4 rings (SSSR count). The van der Waals surface area contributed by atoms with E-state index >= 15 is 0 Å². The minimum Gasteiger partial charge on any atom is -0.466 e. The molecule has 3 unspecified atom stereocenters. The first-order valence-electron chi connectivity index (χ1n) is 12.5. The molecule has 4 aliphatic rings. The second-order valence-electron chi connectivity index (χ2n) is 10.5. The molecule has 9 heteroatoms. The van der Waals surface area contributed by atoms with Crippen molar-refractivity contribution in [2.75, 3.05) is 13.2 Å². The van der Waals surface area contributed by atoms with Crippen LogP contribution in [0.15, 0.2) is 0 Å². The van der Waals surface area contributed by atoms with E-state index in [0.717, 1.165) is 25.7 Å². The Labute approximate surface area is 209 Å². The lowest BCUT2D eigenvalue weighted by atomic mass is 9.71. The van der Waals surface area contributed by atoms with E-state index in [9.17, 15) is 19.5 Å². The number of amides is 2. The van der Waals surface area contributed by atoms with Gasteiger partial charge in [-0.05, 0) is 38.5 Å². The van der Waals surface area contributed by atoms with E-state index in [-0.39, 0.29) is 53.0 Å². The van der Waals surface area contributed by atoms with Crippen molar-refractivity contribution in [3.05, 3.63) is 0 Å². The van der Waals surface area contributed by atoms with E-state index in [1.54, 1.807) is 23.6 Å². The molecule has 0 aromatic rings. The minimum absolute atomic E-state index is 0.0311. The molecule has 3 aliphatic heterocycles. The van der Waals surface area contributed by atoms with Crippen LogP contribution in [0.25, 0.3) is 0 Å². The molecule has 186 valence electrons. The fourth-order valence-corrected chi connectivity index (χ4v) is 10.2. The van der Waals surface area contributed by atoms with Crippen LogP contribution in [0.5, 0.6) is 0 Å². The zero-order valence-electron chi connectivity index (χ0n) is 19.8. The number of ether oxygens (including phenoxy) is 1. The molecule has 0 radical (unpaired) electrons. The van der Waals surface area contributed by atoms with Gasteiger partial charge in [0.25, 0.3) is 0 Å². The van der Waals surface area contributed by atoms with Crippen molar-refractivity contribution >= 4 is 45.5 Å². The van der Waals surface area contributed by atoms with E-state index in [2.05, 4.69) is 35.1 Å². The minimum atomic E-state index is -0.692. The van der Waals surface area contributed by atoms with Gasteiger partial charge in [0.15, 0.2) is 0 Å². The number of aliphatic hydroxyl groups is 1. The largest absolute Gasteiger partial charge is 0.466 e. The fourth-order valence-electron chi connectivity index (χ4n) is 6.62. The van der Waals surface area contributed by atoms with Gasteiger partial charge in [0.1, 0.15) is 6.04 Å². The number of carbonyl (C=O) groups is 3. The zero-order chi connectivity index (χ0) is 23.9. The summed E-state index contributed by atoms with van der Waals surface area (Å²) in [5.74, 6) is -1.57. The van der Waals surface area contributed by atoms with Gasteiger partial charge in [-0.1, -0.05) is 49.0 Å². The standard InChI is InChI=1S/C24H37BrN2O5S/c1-4-32-23(31)17-18-22(30)27(15(12-28)10-13(2)3)20(24(18)11-16(25)19(17)33-24)21(29)26-14-8-6-5-7-9-14/h13-20,28H,4-12H2,1-3H3,(H,26,29)/t15-,16?,17+,18+,19+,20?,24?/m1/s1. The second-order valence-corrected chi connectivity index (χ2v) is 13.2. The topological polar surface area (TPSA) is 95.9 Å². The van der Waals surface area contributed by atoms with Gasteiger partial charge in [-0.2, -0.15) is 0 Å². The number of thioether (sulfide) groups is 1. The summed E-state index contributed by atoms with van der Waals surface area (Å²) in [6, 6.07) is -1.02. The predicted octanol–water partition coefficient (Wildman–Crippen LogP) is 2.87. The van der Waals surface area contributed by atoms with Crippen molar-refractivity contribution in [2.24, 2.45) is 17.8 Å². The number of nitrogens with zero attached hydrogens (tertiary/aromatic N) is 1. The van der Waals surface area contributed by atoms with Crippen molar-refractivity contribution in [1.82, 2.24) is 10.2 Å². The number of likely N-dealkylation sites (tertiary alicyclic amines) is 1. The number of nitrogens with one attached hydrogen (secondary N) is 1. The quantitative estimate of drug-likeness (QED) is 0.360. The normalized spacial score (nSPS) is 36.8. The maximum Gasteiger partial charge on any atom is 0.310 e. The third-order valence-corrected chi connectivity index (χ3v) is 11.1. The Morgan fingerprint density at radius 1 is 1.30 bits per heavy atom. The van der Waals surface area contributed by atoms with Gasteiger partial charge >= 0.3 is 5.97 Å². The smallest absolute Gasteiger partial charge is 0.310 e. The molecule has 1 saturated carbocycles. The van der Waals surface area contributed by atoms with Crippen LogP contribution >= 0.6 is 27.7 Å². The molecule has 3 saturated heterocycles. The number of hydrogen-bond acceptors (Lipinski definition) is 6. The summed E-state index contributed by atoms with van der Waals surface area (Å²) in [5, 5.41) is 13.4. The van der Waals surface area contributed by atoms with Gasteiger partial charge in [-0.3, -0.25) is 14.4 Å². The number of rotatable bonds is 8. The maximum absolute atomic E-state index is 14.0. The molecule has 0 aromatic heterocycles. The lowest BCUT2D eigenvalue weighted by molar-refractivity contribution is -0.154. The molecule has 3 heterocycles. The first kappa shape index (κ1) is 25.3. The molecule has 1 spiro atoms. The predicted molar refractivity (Wildman–Crippen MR) is 131 cm³/mol. The van der Waals surface area contributed by atoms with Crippen LogP contribution in [-0.4, -0.2) is 74.0 Å². The zero-order valence-corrected chi connectivity index (χ0v) is 22.2. The number of alkyl halides is 1. The monoisotopic (exact) mass is 544 g/mol. The van der Waals surface area contributed by atoms with Gasteiger partial charge in [-0.15, -0.1) is 11.8 Å². The van der Waals surface area contributed by atoms with Crippen molar-refractivity contribution in [3.63, 3.8) is 0 Å². The van der Waals surface area contributed by atoms with Crippen LogP contribution in [0.1, 0.15) is 65.7 Å². The first-order valence-corrected chi connectivity index (χ1v) is 14.3. The van der Waals surface area contributed by atoms with Crippen LogP contribution in [-0.2, 0) is 19.1 Å². The maximum atomic E-state index is 14.0. The Kier molecular flexibility index (Phi) is 7.71. The molecule has 7 atom stereocenters. The van der Waals surface area contributed by atoms with Gasteiger partial charge in [0.05, 0.1) is 35.8 Å². The van der Waals surface area contributed by atoms with Gasteiger partial charge in [0.2, 0.25) is 11.8 Å². The SMILES string of the molecule is CCOC(=O)[C@H]1[C@H]2C(=O)N([C@@H](CO)CC(C)C)C(C(=O)NC3CCCCC3)C23CC(Br)[C@@H]1S3. The molecule has 2 amide bonds. The molecule has 7 nitrogen and oxygen atoms in total. The molecule has 4 fully saturated rings. The Hall–Kier alpha value is -0.800. The molecule has 0 aromatic carbocycles. The van der Waals surface area contributed by atoms with Crippen LogP contribution < -0.4 is 5.32 Å². The summed E-state index contributed by atoms with van der Waals surface area (Å²) >= 11 is 5.38. The third-order valence-electron chi connectivity index (χ3n) is 7.83. The van der Waals surface area contributed by atoms with Gasteiger partial charge < -0.3 is 20.1 Å². The number of aliphatic hydroxyl groups excluding tert-OH is 1. The number of fused-ring (bicyclic) bond motifs is 1. The highest BCUT2D eigenvalue weighted by molar-refractivity contribution is 9.09. The van der Waals surface area contributed by atoms with E-state index in [4.69, 9.17) is 4.74 Å². The average Bonchev–Trinajstić information content (AvgIpc) is 3.36. The van der Waals surface area contributed by atoms with E-state index in [1.807, 2.05) is 0 Å². The summed E-state index contributed by atoms with van der Waals surface area (Å²) in [5.41, 5.74) is 0. The lowest BCUT2D eigenvalue weighted by Gasteiger charge is -2.39. The average molecular weight is 546 g/mol. The number of carbonyl (C=O) groups excluding carboxylic acids is 3. The molecule has 2 N–H and O–H groups in total. The Bertz CT molecular complexity index is 776. The summed E-state index contributed by atoms with van der Waals surface area (Å²) in [7, 11) is 0. The Morgan fingerprint density at radius 3 is 2.61 bits per heavy atom. The highest BCUT2D eigenvalue weighted by Crippen LogP contribution is 2.68. The Morgan fingerprint density at radius 2 is 2.00 bits per heavy atom. The summed E-state index contributed by atoms with van der Waals surface area (Å²) < 4.78 is 4.71. The van der Waals surface area contributed by atoms with Gasteiger partial charge in [0, 0.05) is 16.1 Å². The van der Waals surface area contributed by atoms with E-state index < -0.39 is 28.7 Å².